The topological polar surface area (TPSA) is 59.1 Å². The van der Waals surface area contributed by atoms with Crippen LogP contribution in [0.5, 0.6) is 5.75 Å². The largest absolute Gasteiger partial charge is 0.491 e. The second-order valence-electron chi connectivity index (χ2n) is 6.83. The van der Waals surface area contributed by atoms with Gasteiger partial charge < -0.3 is 9.47 Å². The summed E-state index contributed by atoms with van der Waals surface area (Å²) in [5.74, 6) is 0.702. The van der Waals surface area contributed by atoms with Crippen molar-refractivity contribution < 1.29 is 17.9 Å². The van der Waals surface area contributed by atoms with Gasteiger partial charge in [-0.15, -0.1) is 0 Å². The van der Waals surface area contributed by atoms with Crippen molar-refractivity contribution in [3.63, 3.8) is 0 Å². The summed E-state index contributed by atoms with van der Waals surface area (Å²) in [6, 6.07) is 23.3. The maximum absolute atomic E-state index is 13.7. The van der Waals surface area contributed by atoms with E-state index in [4.69, 9.17) is 9.47 Å². The van der Waals surface area contributed by atoms with Crippen LogP contribution in [0.25, 0.3) is 0 Å². The summed E-state index contributed by atoms with van der Waals surface area (Å²) >= 11 is 0. The Bertz CT molecular complexity index is 1030. The molecule has 0 spiro atoms. The standard InChI is InChI=1S/C23H23NO4S/c1-2-18-15-22(13-14-23(18)28-17-21-16-27-21)29(25,26)24(19-9-5-3-6-10-19)20-11-7-4-8-12-20/h3-15,21H,2,16-17H2,1H3. The molecule has 3 aromatic rings. The summed E-state index contributed by atoms with van der Waals surface area (Å²) in [4.78, 5) is 0.233. The predicted octanol–water partition coefficient (Wildman–Crippen LogP) is 4.55. The van der Waals surface area contributed by atoms with E-state index in [1.165, 1.54) is 4.31 Å². The third-order valence-corrected chi connectivity index (χ3v) is 6.51. The van der Waals surface area contributed by atoms with Crippen LogP contribution in [0, 0.1) is 0 Å². The quantitative estimate of drug-likeness (QED) is 0.512. The molecule has 0 aromatic heterocycles. The molecule has 1 atom stereocenters. The van der Waals surface area contributed by atoms with Crippen molar-refractivity contribution in [1.82, 2.24) is 0 Å². The first kappa shape index (κ1) is 19.5. The molecule has 29 heavy (non-hydrogen) atoms. The summed E-state index contributed by atoms with van der Waals surface area (Å²) in [6.07, 6.45) is 0.815. The minimum atomic E-state index is -3.82. The van der Waals surface area contributed by atoms with Gasteiger partial charge >= 0.3 is 0 Å². The van der Waals surface area contributed by atoms with E-state index in [0.29, 0.717) is 30.2 Å². The second-order valence-corrected chi connectivity index (χ2v) is 8.62. The minimum Gasteiger partial charge on any atom is -0.491 e. The van der Waals surface area contributed by atoms with Gasteiger partial charge in [0, 0.05) is 0 Å². The molecule has 0 saturated carbocycles. The molecule has 0 N–H and O–H groups in total. The number of hydrogen-bond acceptors (Lipinski definition) is 4. The number of benzene rings is 3. The highest BCUT2D eigenvalue weighted by atomic mass is 32.2. The van der Waals surface area contributed by atoms with Crippen molar-refractivity contribution >= 4 is 21.4 Å². The van der Waals surface area contributed by atoms with E-state index in [9.17, 15) is 8.42 Å². The highest BCUT2D eigenvalue weighted by Crippen LogP contribution is 2.34. The summed E-state index contributed by atoms with van der Waals surface area (Å²) in [5, 5.41) is 0. The summed E-state index contributed by atoms with van der Waals surface area (Å²) in [6.45, 7) is 3.19. The number of para-hydroxylation sites is 2. The molecule has 1 aliphatic rings. The number of ether oxygens (including phenoxy) is 2. The van der Waals surface area contributed by atoms with Crippen LogP contribution >= 0.6 is 0 Å². The van der Waals surface area contributed by atoms with Crippen molar-refractivity contribution in [1.29, 1.82) is 0 Å². The summed E-state index contributed by atoms with van der Waals surface area (Å²) in [5.41, 5.74) is 2.03. The lowest BCUT2D eigenvalue weighted by Crippen LogP contribution is -2.26. The fraction of sp³-hybridized carbons (Fsp3) is 0.217. The molecule has 0 bridgehead atoms. The van der Waals surface area contributed by atoms with Crippen LogP contribution in [0.1, 0.15) is 12.5 Å². The Morgan fingerprint density at radius 1 is 0.966 bits per heavy atom. The van der Waals surface area contributed by atoms with Crippen LogP contribution in [0.4, 0.5) is 11.4 Å². The number of hydrogen-bond donors (Lipinski definition) is 0. The van der Waals surface area contributed by atoms with E-state index in [1.807, 2.05) is 43.3 Å². The van der Waals surface area contributed by atoms with Gasteiger partial charge in [-0.3, -0.25) is 0 Å². The number of anilines is 2. The molecule has 0 amide bonds. The molecule has 1 fully saturated rings. The number of rotatable bonds is 8. The van der Waals surface area contributed by atoms with Gasteiger partial charge in [0.25, 0.3) is 10.0 Å². The van der Waals surface area contributed by atoms with Gasteiger partial charge in [-0.25, -0.2) is 12.7 Å². The van der Waals surface area contributed by atoms with E-state index in [2.05, 4.69) is 0 Å². The van der Waals surface area contributed by atoms with Gasteiger partial charge in [0.2, 0.25) is 0 Å². The minimum absolute atomic E-state index is 0.148. The Labute approximate surface area is 171 Å². The molecule has 3 aromatic carbocycles. The zero-order valence-corrected chi connectivity index (χ0v) is 17.0. The molecule has 1 unspecified atom stereocenters. The maximum Gasteiger partial charge on any atom is 0.268 e. The molecule has 1 aliphatic heterocycles. The molecule has 6 heteroatoms. The lowest BCUT2D eigenvalue weighted by atomic mass is 10.1. The fourth-order valence-electron chi connectivity index (χ4n) is 3.14. The predicted molar refractivity (Wildman–Crippen MR) is 113 cm³/mol. The fourth-order valence-corrected chi connectivity index (χ4v) is 4.68. The molecule has 0 radical (unpaired) electrons. The van der Waals surface area contributed by atoms with E-state index in [-0.39, 0.29) is 11.0 Å². The van der Waals surface area contributed by atoms with Crippen LogP contribution in [0.2, 0.25) is 0 Å². The Kier molecular flexibility index (Phi) is 5.56. The number of nitrogens with zero attached hydrogens (tertiary/aromatic N) is 1. The smallest absolute Gasteiger partial charge is 0.268 e. The first-order chi connectivity index (χ1) is 14.1. The lowest BCUT2D eigenvalue weighted by molar-refractivity contribution is 0.261. The molecular weight excluding hydrogens is 386 g/mol. The Balaban J connectivity index is 1.74. The number of aryl methyl sites for hydroxylation is 1. The third-order valence-electron chi connectivity index (χ3n) is 4.76. The maximum atomic E-state index is 13.7. The number of sulfonamides is 1. The zero-order valence-electron chi connectivity index (χ0n) is 16.2. The number of epoxide rings is 1. The normalized spacial score (nSPS) is 15.7. The van der Waals surface area contributed by atoms with E-state index >= 15 is 0 Å². The molecular formula is C23H23NO4S. The molecule has 4 rings (SSSR count). The van der Waals surface area contributed by atoms with Crippen LogP contribution < -0.4 is 9.04 Å². The molecule has 150 valence electrons. The lowest BCUT2D eigenvalue weighted by Gasteiger charge is -2.25. The van der Waals surface area contributed by atoms with Gasteiger partial charge in [-0.2, -0.15) is 0 Å². The average molecular weight is 410 g/mol. The van der Waals surface area contributed by atoms with Gasteiger partial charge in [0.05, 0.1) is 22.9 Å². The van der Waals surface area contributed by atoms with E-state index < -0.39 is 10.0 Å². The highest BCUT2D eigenvalue weighted by molar-refractivity contribution is 7.93. The first-order valence-corrected chi connectivity index (χ1v) is 11.1. The molecule has 5 nitrogen and oxygen atoms in total. The van der Waals surface area contributed by atoms with Gasteiger partial charge in [0.1, 0.15) is 18.5 Å². The molecule has 0 aliphatic carbocycles. The third kappa shape index (κ3) is 4.28. The van der Waals surface area contributed by atoms with Gasteiger partial charge in [-0.05, 0) is 54.4 Å². The SMILES string of the molecule is CCc1cc(S(=O)(=O)N(c2ccccc2)c2ccccc2)ccc1OCC1CO1. The second kappa shape index (κ2) is 8.27. The zero-order chi connectivity index (χ0) is 20.3. The van der Waals surface area contributed by atoms with Crippen molar-refractivity contribution in [3.8, 4) is 5.75 Å². The van der Waals surface area contributed by atoms with Gasteiger partial charge in [-0.1, -0.05) is 43.3 Å². The highest BCUT2D eigenvalue weighted by Gasteiger charge is 2.28. The van der Waals surface area contributed by atoms with Crippen LogP contribution in [0.3, 0.4) is 0 Å². The Hall–Kier alpha value is -2.83. The molecule has 1 heterocycles. The summed E-state index contributed by atoms with van der Waals surface area (Å²) < 4.78 is 39.7. The first-order valence-electron chi connectivity index (χ1n) is 9.62. The van der Waals surface area contributed by atoms with Crippen molar-refractivity contribution in [2.75, 3.05) is 17.5 Å². The van der Waals surface area contributed by atoms with E-state index in [1.54, 1.807) is 42.5 Å². The Morgan fingerprint density at radius 2 is 1.55 bits per heavy atom. The van der Waals surface area contributed by atoms with Crippen LogP contribution in [-0.4, -0.2) is 27.7 Å². The van der Waals surface area contributed by atoms with Crippen LogP contribution in [-0.2, 0) is 21.2 Å². The molecule has 1 saturated heterocycles. The van der Waals surface area contributed by atoms with E-state index in [0.717, 1.165) is 12.2 Å². The average Bonchev–Trinajstić information content (AvgIpc) is 3.58. The van der Waals surface area contributed by atoms with Crippen molar-refractivity contribution in [3.05, 3.63) is 84.4 Å². The van der Waals surface area contributed by atoms with Gasteiger partial charge in [0.15, 0.2) is 0 Å². The van der Waals surface area contributed by atoms with Crippen LogP contribution in [0.15, 0.2) is 83.8 Å². The Morgan fingerprint density at radius 3 is 2.07 bits per heavy atom. The van der Waals surface area contributed by atoms with Crippen molar-refractivity contribution in [2.45, 2.75) is 24.3 Å². The monoisotopic (exact) mass is 409 g/mol. The van der Waals surface area contributed by atoms with Crippen molar-refractivity contribution in [2.24, 2.45) is 0 Å². The summed E-state index contributed by atoms with van der Waals surface area (Å²) in [7, 11) is -3.82.